The molecule has 7 heteroatoms. The molecule has 4 rings (SSSR count). The second-order valence-electron chi connectivity index (χ2n) is 7.46. The Kier molecular flexibility index (Phi) is 5.84. The molecule has 29 heavy (non-hydrogen) atoms. The van der Waals surface area contributed by atoms with E-state index in [-0.39, 0.29) is 0 Å². The van der Waals surface area contributed by atoms with Gasteiger partial charge in [-0.2, -0.15) is 0 Å². The predicted octanol–water partition coefficient (Wildman–Crippen LogP) is 3.01. The first-order chi connectivity index (χ1) is 14.2. The highest BCUT2D eigenvalue weighted by Crippen LogP contribution is 2.23. The highest BCUT2D eigenvalue weighted by molar-refractivity contribution is 5.52. The molecule has 0 saturated carbocycles. The Hall–Kier alpha value is -3.22. The summed E-state index contributed by atoms with van der Waals surface area (Å²) in [6, 6.07) is 14.8. The summed E-state index contributed by atoms with van der Waals surface area (Å²) in [5.74, 6) is 2.73. The number of anilines is 3. The Labute approximate surface area is 172 Å². The van der Waals surface area contributed by atoms with Crippen molar-refractivity contribution < 1.29 is 0 Å². The Bertz CT molecular complexity index is 893. The van der Waals surface area contributed by atoms with E-state index in [1.54, 1.807) is 18.7 Å². The lowest BCUT2D eigenvalue weighted by Gasteiger charge is -2.36. The number of hydrogen-bond acceptors (Lipinski definition) is 7. The Morgan fingerprint density at radius 2 is 1.55 bits per heavy atom. The van der Waals surface area contributed by atoms with Crippen LogP contribution >= 0.6 is 0 Å². The molecule has 1 aliphatic rings. The standard InChI is InChI=1S/C22H27N7/c1-18(2)29(16-19-7-4-3-5-8-19)21-15-20(25-17-26-21)27-11-13-28(14-12-27)22-23-9-6-10-24-22/h3-10,15,17-18H,11-14,16H2,1-2H3. The first-order valence-electron chi connectivity index (χ1n) is 10.1. The molecule has 0 N–H and O–H groups in total. The monoisotopic (exact) mass is 389 g/mol. The maximum atomic E-state index is 4.57. The Morgan fingerprint density at radius 3 is 2.24 bits per heavy atom. The van der Waals surface area contributed by atoms with Gasteiger partial charge in [-0.25, -0.2) is 19.9 Å². The molecule has 1 fully saturated rings. The molecule has 0 bridgehead atoms. The third-order valence-corrected chi connectivity index (χ3v) is 5.19. The van der Waals surface area contributed by atoms with E-state index >= 15 is 0 Å². The minimum absolute atomic E-state index is 0.338. The van der Waals surface area contributed by atoms with E-state index in [1.807, 2.05) is 12.1 Å². The molecule has 0 amide bonds. The number of rotatable bonds is 6. The van der Waals surface area contributed by atoms with Gasteiger partial charge in [0.05, 0.1) is 0 Å². The van der Waals surface area contributed by atoms with Crippen molar-refractivity contribution in [3.05, 3.63) is 66.7 Å². The largest absolute Gasteiger partial charge is 0.353 e. The molecule has 1 saturated heterocycles. The molecule has 0 spiro atoms. The lowest BCUT2D eigenvalue weighted by molar-refractivity contribution is 0.631. The van der Waals surface area contributed by atoms with E-state index in [0.717, 1.165) is 50.3 Å². The third kappa shape index (κ3) is 4.62. The van der Waals surface area contributed by atoms with Gasteiger partial charge in [-0.05, 0) is 25.5 Å². The van der Waals surface area contributed by atoms with Crippen LogP contribution in [0, 0.1) is 0 Å². The molecule has 0 unspecified atom stereocenters. The predicted molar refractivity (Wildman–Crippen MR) is 116 cm³/mol. The molecule has 2 aromatic heterocycles. The maximum absolute atomic E-state index is 4.57. The quantitative estimate of drug-likeness (QED) is 0.642. The van der Waals surface area contributed by atoms with Gasteiger partial charge < -0.3 is 14.7 Å². The van der Waals surface area contributed by atoms with E-state index in [4.69, 9.17) is 0 Å². The van der Waals surface area contributed by atoms with Crippen LogP contribution in [-0.4, -0.2) is 52.2 Å². The minimum atomic E-state index is 0.338. The van der Waals surface area contributed by atoms with Crippen molar-refractivity contribution in [3.8, 4) is 0 Å². The van der Waals surface area contributed by atoms with Crippen LogP contribution in [0.15, 0.2) is 61.2 Å². The molecular formula is C22H27N7. The fourth-order valence-electron chi connectivity index (χ4n) is 3.57. The topological polar surface area (TPSA) is 61.3 Å². The van der Waals surface area contributed by atoms with Crippen LogP contribution < -0.4 is 14.7 Å². The highest BCUT2D eigenvalue weighted by Gasteiger charge is 2.21. The van der Waals surface area contributed by atoms with Gasteiger partial charge in [-0.1, -0.05) is 30.3 Å². The first-order valence-corrected chi connectivity index (χ1v) is 10.1. The van der Waals surface area contributed by atoms with Gasteiger partial charge in [-0.15, -0.1) is 0 Å². The summed E-state index contributed by atoms with van der Waals surface area (Å²) in [4.78, 5) is 24.7. The van der Waals surface area contributed by atoms with Crippen molar-refractivity contribution in [1.82, 2.24) is 19.9 Å². The zero-order valence-corrected chi connectivity index (χ0v) is 17.0. The number of nitrogens with zero attached hydrogens (tertiary/aromatic N) is 7. The average Bonchev–Trinajstić information content (AvgIpc) is 2.79. The molecule has 0 radical (unpaired) electrons. The number of aromatic nitrogens is 4. The lowest BCUT2D eigenvalue weighted by Crippen LogP contribution is -2.47. The number of hydrogen-bond donors (Lipinski definition) is 0. The van der Waals surface area contributed by atoms with Crippen LogP contribution in [0.1, 0.15) is 19.4 Å². The van der Waals surface area contributed by atoms with Crippen molar-refractivity contribution >= 4 is 17.6 Å². The normalized spacial score (nSPS) is 14.3. The summed E-state index contributed by atoms with van der Waals surface area (Å²) < 4.78 is 0. The lowest BCUT2D eigenvalue weighted by atomic mass is 10.2. The van der Waals surface area contributed by atoms with Crippen molar-refractivity contribution in [2.45, 2.75) is 26.4 Å². The molecule has 1 aromatic carbocycles. The molecule has 0 atom stereocenters. The summed E-state index contributed by atoms with van der Waals surface area (Å²) in [5, 5.41) is 0. The van der Waals surface area contributed by atoms with Crippen LogP contribution in [0.3, 0.4) is 0 Å². The maximum Gasteiger partial charge on any atom is 0.225 e. The summed E-state index contributed by atoms with van der Waals surface area (Å²) in [7, 11) is 0. The molecule has 0 aliphatic carbocycles. The average molecular weight is 390 g/mol. The van der Waals surface area contributed by atoms with Gasteiger partial charge in [0.1, 0.15) is 18.0 Å². The zero-order valence-electron chi connectivity index (χ0n) is 17.0. The van der Waals surface area contributed by atoms with E-state index < -0.39 is 0 Å². The summed E-state index contributed by atoms with van der Waals surface area (Å²) in [6.07, 6.45) is 5.26. The van der Waals surface area contributed by atoms with Crippen LogP contribution in [0.5, 0.6) is 0 Å². The minimum Gasteiger partial charge on any atom is -0.353 e. The second kappa shape index (κ2) is 8.86. The molecular weight excluding hydrogens is 362 g/mol. The van der Waals surface area contributed by atoms with E-state index in [2.05, 4.69) is 78.8 Å². The van der Waals surface area contributed by atoms with Crippen molar-refractivity contribution in [3.63, 3.8) is 0 Å². The SMILES string of the molecule is CC(C)N(Cc1ccccc1)c1cc(N2CCN(c3ncccn3)CC2)ncn1. The molecule has 7 nitrogen and oxygen atoms in total. The van der Waals surface area contributed by atoms with Gasteiger partial charge in [-0.3, -0.25) is 0 Å². The first kappa shape index (κ1) is 19.1. The summed E-state index contributed by atoms with van der Waals surface area (Å²) in [5.41, 5.74) is 1.28. The van der Waals surface area contributed by atoms with Crippen molar-refractivity contribution in [1.29, 1.82) is 0 Å². The van der Waals surface area contributed by atoms with Crippen molar-refractivity contribution in [2.24, 2.45) is 0 Å². The van der Waals surface area contributed by atoms with Crippen LogP contribution in [0.25, 0.3) is 0 Å². The van der Waals surface area contributed by atoms with E-state index in [0.29, 0.717) is 6.04 Å². The zero-order chi connectivity index (χ0) is 20.1. The fourth-order valence-corrected chi connectivity index (χ4v) is 3.57. The van der Waals surface area contributed by atoms with Gasteiger partial charge in [0.2, 0.25) is 5.95 Å². The van der Waals surface area contributed by atoms with E-state index in [1.165, 1.54) is 5.56 Å². The van der Waals surface area contributed by atoms with Crippen molar-refractivity contribution in [2.75, 3.05) is 40.9 Å². The molecule has 1 aliphatic heterocycles. The number of piperazine rings is 1. The second-order valence-corrected chi connectivity index (χ2v) is 7.46. The highest BCUT2D eigenvalue weighted by atomic mass is 15.3. The van der Waals surface area contributed by atoms with Crippen LogP contribution in [0.2, 0.25) is 0 Å². The Morgan fingerprint density at radius 1 is 0.862 bits per heavy atom. The number of benzene rings is 1. The molecule has 3 aromatic rings. The van der Waals surface area contributed by atoms with Crippen LogP contribution in [0.4, 0.5) is 17.6 Å². The van der Waals surface area contributed by atoms with Crippen LogP contribution in [-0.2, 0) is 6.54 Å². The fraction of sp³-hybridized carbons (Fsp3) is 0.364. The molecule has 150 valence electrons. The summed E-state index contributed by atoms with van der Waals surface area (Å²) >= 11 is 0. The van der Waals surface area contributed by atoms with Gasteiger partial charge in [0.15, 0.2) is 0 Å². The molecule has 3 heterocycles. The summed E-state index contributed by atoms with van der Waals surface area (Å²) in [6.45, 7) is 8.74. The Balaban J connectivity index is 1.47. The third-order valence-electron chi connectivity index (χ3n) is 5.19. The van der Waals surface area contributed by atoms with Gasteiger partial charge >= 0.3 is 0 Å². The smallest absolute Gasteiger partial charge is 0.225 e. The van der Waals surface area contributed by atoms with Gasteiger partial charge in [0, 0.05) is 57.2 Å². The van der Waals surface area contributed by atoms with Gasteiger partial charge in [0.25, 0.3) is 0 Å². The van der Waals surface area contributed by atoms with E-state index in [9.17, 15) is 0 Å².